The van der Waals surface area contributed by atoms with Gasteiger partial charge in [0.15, 0.2) is 6.10 Å². The first-order valence-electron chi connectivity index (χ1n) is 8.69. The number of aromatic nitrogens is 1. The number of amides is 1. The highest BCUT2D eigenvalue weighted by atomic mass is 16.5. The molecule has 3 heterocycles. The van der Waals surface area contributed by atoms with Crippen molar-refractivity contribution < 1.29 is 19.0 Å². The van der Waals surface area contributed by atoms with E-state index in [4.69, 9.17) is 14.2 Å². The number of ether oxygens (including phenoxy) is 3. The van der Waals surface area contributed by atoms with Gasteiger partial charge >= 0.3 is 0 Å². The third kappa shape index (κ3) is 3.14. The number of nitrogens with zero attached hydrogens (tertiary/aromatic N) is 2. The molecule has 1 fully saturated rings. The van der Waals surface area contributed by atoms with Gasteiger partial charge in [0.05, 0.1) is 25.3 Å². The van der Waals surface area contributed by atoms with E-state index in [9.17, 15) is 4.79 Å². The highest BCUT2D eigenvalue weighted by Crippen LogP contribution is 2.30. The molecule has 0 radical (unpaired) electrons. The number of methoxy groups -OCH3 is 1. The second-order valence-corrected chi connectivity index (χ2v) is 6.63. The topological polar surface area (TPSA) is 60.9 Å². The molecule has 6 nitrogen and oxygen atoms in total. The number of hydrogen-bond donors (Lipinski definition) is 0. The first-order chi connectivity index (χ1) is 12.1. The van der Waals surface area contributed by atoms with Crippen LogP contribution in [0.4, 0.5) is 0 Å². The molecule has 0 N–H and O–H groups in total. The lowest BCUT2D eigenvalue weighted by atomic mass is 10.1. The minimum atomic E-state index is -0.550. The summed E-state index contributed by atoms with van der Waals surface area (Å²) in [5.74, 6) is 1.30. The van der Waals surface area contributed by atoms with Gasteiger partial charge in [0, 0.05) is 24.1 Å². The van der Waals surface area contributed by atoms with E-state index in [1.54, 1.807) is 14.0 Å². The SMILES string of the molecule is COc1ccc2nc3c(cc2c1)CN(CC1CCCO1)C(=O)C(C)O3. The summed E-state index contributed by atoms with van der Waals surface area (Å²) >= 11 is 0. The molecule has 2 aliphatic heterocycles. The molecule has 0 spiro atoms. The van der Waals surface area contributed by atoms with Crippen molar-refractivity contribution in [2.24, 2.45) is 0 Å². The first-order valence-corrected chi connectivity index (χ1v) is 8.69. The molecular weight excluding hydrogens is 320 g/mol. The van der Waals surface area contributed by atoms with Crippen LogP contribution in [0.1, 0.15) is 25.3 Å². The standard InChI is InChI=1S/C19H22N2O4/c1-12-19(22)21(11-16-4-3-7-24-16)10-14-8-13-9-15(23-2)5-6-17(13)20-18(14)25-12/h5-6,8-9,12,16H,3-4,7,10-11H2,1-2H3. The van der Waals surface area contributed by atoms with E-state index < -0.39 is 6.10 Å². The molecule has 2 unspecified atom stereocenters. The molecule has 1 amide bonds. The zero-order valence-corrected chi connectivity index (χ0v) is 14.5. The predicted molar refractivity (Wildman–Crippen MR) is 92.8 cm³/mol. The van der Waals surface area contributed by atoms with E-state index >= 15 is 0 Å². The van der Waals surface area contributed by atoms with Gasteiger partial charge in [-0.15, -0.1) is 0 Å². The molecule has 0 aliphatic carbocycles. The van der Waals surface area contributed by atoms with Gasteiger partial charge in [-0.3, -0.25) is 4.79 Å². The van der Waals surface area contributed by atoms with E-state index in [1.165, 1.54) is 0 Å². The van der Waals surface area contributed by atoms with Gasteiger partial charge in [0.1, 0.15) is 5.75 Å². The first kappa shape index (κ1) is 16.1. The molecule has 4 rings (SSSR count). The maximum atomic E-state index is 12.7. The Morgan fingerprint density at radius 3 is 3.00 bits per heavy atom. The Morgan fingerprint density at radius 1 is 1.36 bits per heavy atom. The summed E-state index contributed by atoms with van der Waals surface area (Å²) in [6, 6.07) is 7.76. The van der Waals surface area contributed by atoms with E-state index in [1.807, 2.05) is 29.2 Å². The van der Waals surface area contributed by atoms with Gasteiger partial charge in [-0.2, -0.15) is 0 Å². The lowest BCUT2D eigenvalue weighted by Gasteiger charge is -2.24. The van der Waals surface area contributed by atoms with Crippen molar-refractivity contribution in [3.05, 3.63) is 29.8 Å². The summed E-state index contributed by atoms with van der Waals surface area (Å²) in [7, 11) is 1.64. The molecule has 132 valence electrons. The predicted octanol–water partition coefficient (Wildman–Crippen LogP) is 2.53. The monoisotopic (exact) mass is 342 g/mol. The van der Waals surface area contributed by atoms with Crippen molar-refractivity contribution in [1.82, 2.24) is 9.88 Å². The second kappa shape index (κ2) is 6.52. The quantitative estimate of drug-likeness (QED) is 0.858. The number of carbonyl (C=O) groups excluding carboxylic acids is 1. The molecule has 2 atom stereocenters. The van der Waals surface area contributed by atoms with Crippen molar-refractivity contribution >= 4 is 16.8 Å². The summed E-state index contributed by atoms with van der Waals surface area (Å²) in [5, 5.41) is 0.973. The molecule has 1 aromatic heterocycles. The number of pyridine rings is 1. The Balaban J connectivity index is 1.69. The summed E-state index contributed by atoms with van der Waals surface area (Å²) in [6.45, 7) is 3.64. The van der Waals surface area contributed by atoms with Crippen molar-refractivity contribution in [3.63, 3.8) is 0 Å². The minimum absolute atomic E-state index is 0.0184. The fourth-order valence-corrected chi connectivity index (χ4v) is 3.47. The molecule has 2 aliphatic rings. The van der Waals surface area contributed by atoms with E-state index in [2.05, 4.69) is 4.98 Å². The Kier molecular flexibility index (Phi) is 4.21. The van der Waals surface area contributed by atoms with Crippen LogP contribution in [-0.4, -0.2) is 48.3 Å². The van der Waals surface area contributed by atoms with Gasteiger partial charge in [0.25, 0.3) is 5.91 Å². The minimum Gasteiger partial charge on any atom is -0.497 e. The van der Waals surface area contributed by atoms with Crippen molar-refractivity contribution in [1.29, 1.82) is 0 Å². The normalized spacial score (nSPS) is 23.3. The van der Waals surface area contributed by atoms with Crippen LogP contribution in [0.15, 0.2) is 24.3 Å². The Bertz CT molecular complexity index is 801. The van der Waals surface area contributed by atoms with Gasteiger partial charge in [-0.05, 0) is 44.0 Å². The third-order valence-corrected chi connectivity index (χ3v) is 4.82. The average Bonchev–Trinajstić information content (AvgIpc) is 3.09. The summed E-state index contributed by atoms with van der Waals surface area (Å²) in [4.78, 5) is 19.1. The Hall–Kier alpha value is -2.34. The molecule has 0 saturated carbocycles. The number of hydrogen-bond acceptors (Lipinski definition) is 5. The number of fused-ring (bicyclic) bond motifs is 2. The number of carbonyl (C=O) groups is 1. The second-order valence-electron chi connectivity index (χ2n) is 6.63. The van der Waals surface area contributed by atoms with Crippen LogP contribution in [-0.2, 0) is 16.1 Å². The molecule has 1 saturated heterocycles. The summed E-state index contributed by atoms with van der Waals surface area (Å²) < 4.78 is 16.9. The van der Waals surface area contributed by atoms with Gasteiger partial charge < -0.3 is 19.1 Å². The van der Waals surface area contributed by atoms with Crippen molar-refractivity contribution in [2.75, 3.05) is 20.3 Å². The fraction of sp³-hybridized carbons (Fsp3) is 0.474. The molecule has 2 aromatic rings. The van der Waals surface area contributed by atoms with Crippen LogP contribution in [0, 0.1) is 0 Å². The van der Waals surface area contributed by atoms with Crippen LogP contribution in [0.5, 0.6) is 11.6 Å². The maximum absolute atomic E-state index is 12.7. The molecular formula is C19H22N2O4. The van der Waals surface area contributed by atoms with Gasteiger partial charge in [-0.1, -0.05) is 0 Å². The highest BCUT2D eigenvalue weighted by Gasteiger charge is 2.31. The van der Waals surface area contributed by atoms with Crippen LogP contribution < -0.4 is 9.47 Å². The maximum Gasteiger partial charge on any atom is 0.263 e. The van der Waals surface area contributed by atoms with Crippen LogP contribution >= 0.6 is 0 Å². The summed E-state index contributed by atoms with van der Waals surface area (Å²) in [6.07, 6.45) is 1.62. The fourth-order valence-electron chi connectivity index (χ4n) is 3.47. The van der Waals surface area contributed by atoms with Gasteiger partial charge in [0.2, 0.25) is 5.88 Å². The average molecular weight is 342 g/mol. The van der Waals surface area contributed by atoms with E-state index in [0.29, 0.717) is 19.0 Å². The van der Waals surface area contributed by atoms with Crippen LogP contribution in [0.3, 0.4) is 0 Å². The summed E-state index contributed by atoms with van der Waals surface area (Å²) in [5.41, 5.74) is 1.74. The zero-order valence-electron chi connectivity index (χ0n) is 14.5. The lowest BCUT2D eigenvalue weighted by molar-refractivity contribution is -0.139. The van der Waals surface area contributed by atoms with Crippen molar-refractivity contribution in [3.8, 4) is 11.6 Å². The number of rotatable bonds is 3. The molecule has 1 aromatic carbocycles. The zero-order chi connectivity index (χ0) is 17.4. The Morgan fingerprint density at radius 2 is 2.24 bits per heavy atom. The van der Waals surface area contributed by atoms with Crippen LogP contribution in [0.2, 0.25) is 0 Å². The largest absolute Gasteiger partial charge is 0.497 e. The smallest absolute Gasteiger partial charge is 0.263 e. The van der Waals surface area contributed by atoms with Crippen molar-refractivity contribution in [2.45, 2.75) is 38.5 Å². The molecule has 0 bridgehead atoms. The molecule has 25 heavy (non-hydrogen) atoms. The third-order valence-electron chi connectivity index (χ3n) is 4.82. The molecule has 6 heteroatoms. The Labute approximate surface area is 146 Å². The lowest BCUT2D eigenvalue weighted by Crippen LogP contribution is -2.41. The van der Waals surface area contributed by atoms with E-state index in [-0.39, 0.29) is 12.0 Å². The van der Waals surface area contributed by atoms with Gasteiger partial charge in [-0.25, -0.2) is 4.98 Å². The van der Waals surface area contributed by atoms with E-state index in [0.717, 1.165) is 41.7 Å². The van der Waals surface area contributed by atoms with Crippen LogP contribution in [0.25, 0.3) is 10.9 Å². The number of benzene rings is 1. The highest BCUT2D eigenvalue weighted by molar-refractivity contribution is 5.84.